The van der Waals surface area contributed by atoms with E-state index in [2.05, 4.69) is 68.5 Å². The third-order valence-corrected chi connectivity index (χ3v) is 16.1. The van der Waals surface area contributed by atoms with Crippen LogP contribution in [0.5, 0.6) is 93.0 Å². The fourth-order valence-electron chi connectivity index (χ4n) is 11.4. The number of hydrogen-bond acceptors (Lipinski definition) is 20. The average molecular weight is 1290 g/mol. The summed E-state index contributed by atoms with van der Waals surface area (Å²) in [6.45, 7) is 0. The topological polar surface area (TPSA) is 316 Å². The Labute approximate surface area is 568 Å². The first-order valence-corrected chi connectivity index (χ1v) is 30.2. The van der Waals surface area contributed by atoms with Crippen LogP contribution >= 0.6 is 0 Å². The van der Waals surface area contributed by atoms with Crippen LogP contribution in [0.1, 0.15) is 89.0 Å². The van der Waals surface area contributed by atoms with E-state index in [1.165, 1.54) is 24.3 Å². The predicted molar refractivity (Wildman–Crippen MR) is 357 cm³/mol. The number of hydrogen-bond donors (Lipinski definition) is 0. The van der Waals surface area contributed by atoms with Crippen LogP contribution in [0.2, 0.25) is 0 Å². The zero-order valence-electron chi connectivity index (χ0n) is 51.4. The van der Waals surface area contributed by atoms with Crippen molar-refractivity contribution >= 4 is 22.3 Å². The standard InChI is InChI=1S/C80H36N12O8/c81-37-53-33-54(38-82)74-89-73(53)93-61-17-1-45(2-18-61)69-46-3-19-62(20-4-46)94-75-55(39-83)34-58(42-86)78(90-75)98-66-27-11-50(12-28-66)71(49-9-25-65(95-74)26-10-49)72-51-13-29-67(30-14-51)99-79-59(43-87)35-56(40-84)76(91-79)96-63-21-5-47(6-22-63)70(69)48-7-23-64(24-8-48)97-77-57(41-85)36-60(44-88)80(92-77)100-68-31-15-52(72)16-32-68/h1-36H. The minimum atomic E-state index is -0.146. The van der Waals surface area contributed by atoms with Gasteiger partial charge in [0.25, 0.3) is 0 Å². The van der Waals surface area contributed by atoms with Gasteiger partial charge in [-0.1, -0.05) is 97.1 Å². The summed E-state index contributed by atoms with van der Waals surface area (Å²) in [6, 6.07) is 78.1. The molecule has 20 heteroatoms. The van der Waals surface area contributed by atoms with Gasteiger partial charge in [-0.2, -0.15) is 62.0 Å². The molecule has 12 aromatic rings. The molecule has 0 unspecified atom stereocenters. The molecule has 20 nitrogen and oxygen atoms in total. The molecule has 14 aliphatic rings. The van der Waals surface area contributed by atoms with E-state index in [9.17, 15) is 42.1 Å². The minimum absolute atomic E-state index is 0.0456. The van der Waals surface area contributed by atoms with E-state index in [1.807, 2.05) is 0 Å². The third-order valence-electron chi connectivity index (χ3n) is 16.1. The van der Waals surface area contributed by atoms with Gasteiger partial charge in [0.15, 0.2) is 0 Å². The van der Waals surface area contributed by atoms with Crippen LogP contribution in [0.4, 0.5) is 0 Å². The fourth-order valence-corrected chi connectivity index (χ4v) is 11.4. The van der Waals surface area contributed by atoms with E-state index in [-0.39, 0.29) is 138 Å². The zero-order valence-corrected chi connectivity index (χ0v) is 51.4. The maximum absolute atomic E-state index is 10.5. The molecule has 0 aliphatic carbocycles. The van der Waals surface area contributed by atoms with Crippen LogP contribution in [-0.4, -0.2) is 19.9 Å². The number of pyridine rings is 4. The molecule has 0 atom stereocenters. The number of nitriles is 8. The summed E-state index contributed by atoms with van der Waals surface area (Å²) in [5.74, 6) is 0.796. The molecule has 18 heterocycles. The van der Waals surface area contributed by atoms with Crippen molar-refractivity contribution in [2.45, 2.75) is 0 Å². The molecule has 0 fully saturated rings. The van der Waals surface area contributed by atoms with Crippen molar-refractivity contribution in [2.75, 3.05) is 0 Å². The van der Waals surface area contributed by atoms with Gasteiger partial charge in [0.2, 0.25) is 47.0 Å². The Kier molecular flexibility index (Phi) is 15.4. The lowest BCUT2D eigenvalue weighted by molar-refractivity contribution is 0.423. The predicted octanol–water partition coefficient (Wildman–Crippen LogP) is 17.5. The van der Waals surface area contributed by atoms with E-state index in [1.54, 1.807) is 194 Å². The molecule has 100 heavy (non-hydrogen) atoms. The van der Waals surface area contributed by atoms with E-state index < -0.39 is 0 Å². The summed E-state index contributed by atoms with van der Waals surface area (Å²) < 4.78 is 51.5. The summed E-state index contributed by atoms with van der Waals surface area (Å²) in [4.78, 5) is 18.6. The number of rotatable bonds is 0. The van der Waals surface area contributed by atoms with E-state index in [4.69, 9.17) is 37.9 Å². The Morgan fingerprint density at radius 2 is 0.280 bits per heavy atom. The van der Waals surface area contributed by atoms with E-state index in [0.29, 0.717) is 66.8 Å². The Morgan fingerprint density at radius 3 is 0.380 bits per heavy atom. The normalized spacial score (nSPS) is 12.1. The summed E-state index contributed by atoms with van der Waals surface area (Å²) >= 11 is 0. The van der Waals surface area contributed by atoms with E-state index in [0.717, 1.165) is 0 Å². The molecule has 26 rings (SSSR count). The lowest BCUT2D eigenvalue weighted by Crippen LogP contribution is -2.02. The summed E-state index contributed by atoms with van der Waals surface area (Å²) in [7, 11) is 0. The monoisotopic (exact) mass is 1290 g/mol. The first-order chi connectivity index (χ1) is 49.1. The van der Waals surface area contributed by atoms with Crippen molar-refractivity contribution in [3.05, 3.63) is 307 Å². The Hall–Kier alpha value is -15.8. The van der Waals surface area contributed by atoms with Crippen molar-refractivity contribution in [3.8, 4) is 142 Å². The molecule has 0 amide bonds. The van der Waals surface area contributed by atoms with Crippen LogP contribution in [-0.2, 0) is 0 Å². The SMILES string of the molecule is N#Cc1cc(C#N)c2nc1Oc1ccc(cc1)C1=C3c4ccc(cc4)Oc4nc(c(C#N)cc4C#N)Oc4ccc(cc4)C(=C(c4ccc(cc4)O2)c2ccc(cc2)Oc2nc(c(C#N)cc2C#N)Oc2ccc1cc2)c1ccc(cc1)Oc1nc(c(C#N)cc1C#N)Oc1ccc3cc1. The lowest BCUT2D eigenvalue weighted by atomic mass is 9.85. The second-order valence-electron chi connectivity index (χ2n) is 22.2. The molecular formula is C80H36N12O8. The smallest absolute Gasteiger partial charge is 0.240 e. The van der Waals surface area contributed by atoms with Crippen LogP contribution in [0.15, 0.2) is 218 Å². The summed E-state index contributed by atoms with van der Waals surface area (Å²) in [5, 5.41) is 84.1. The first kappa shape index (κ1) is 60.4. The van der Waals surface area contributed by atoms with Crippen LogP contribution in [0.25, 0.3) is 22.3 Å². The van der Waals surface area contributed by atoms with Gasteiger partial charge in [0.1, 0.15) is 139 Å². The second-order valence-corrected chi connectivity index (χ2v) is 22.2. The molecule has 8 aromatic carbocycles. The van der Waals surface area contributed by atoms with E-state index >= 15 is 0 Å². The molecule has 0 N–H and O–H groups in total. The highest BCUT2D eigenvalue weighted by molar-refractivity contribution is 6.06. The molecule has 14 aliphatic heterocycles. The average Bonchev–Trinajstić information content (AvgIpc) is 0.779. The van der Waals surface area contributed by atoms with Gasteiger partial charge in [-0.25, -0.2) is 0 Å². The van der Waals surface area contributed by atoms with Gasteiger partial charge in [-0.3, -0.25) is 0 Å². The molecule has 464 valence electrons. The van der Waals surface area contributed by atoms with Gasteiger partial charge in [0, 0.05) is 0 Å². The fraction of sp³-hybridized carbons (Fsp3) is 0. The minimum Gasteiger partial charge on any atom is -0.438 e. The van der Waals surface area contributed by atoms with Crippen molar-refractivity contribution in [1.29, 1.82) is 42.1 Å². The van der Waals surface area contributed by atoms with Gasteiger partial charge in [-0.05, 0) is 188 Å². The maximum atomic E-state index is 10.5. The molecular weight excluding hydrogens is 1260 g/mol. The van der Waals surface area contributed by atoms with Crippen molar-refractivity contribution in [1.82, 2.24) is 19.9 Å². The Morgan fingerprint density at radius 1 is 0.170 bits per heavy atom. The summed E-state index contributed by atoms with van der Waals surface area (Å²) in [6.07, 6.45) is 0. The summed E-state index contributed by atoms with van der Waals surface area (Å²) in [5.41, 5.74) is 6.90. The number of nitrogens with zero attached hydrogens (tertiary/aromatic N) is 12. The molecule has 0 radical (unpaired) electrons. The van der Waals surface area contributed by atoms with Gasteiger partial charge >= 0.3 is 0 Å². The van der Waals surface area contributed by atoms with Gasteiger partial charge in [-0.15, -0.1) is 0 Å². The zero-order chi connectivity index (χ0) is 68.4. The maximum Gasteiger partial charge on any atom is 0.240 e. The van der Waals surface area contributed by atoms with Crippen LogP contribution < -0.4 is 37.9 Å². The molecule has 0 saturated carbocycles. The molecule has 24 bridgehead atoms. The van der Waals surface area contributed by atoms with Gasteiger partial charge < -0.3 is 37.9 Å². The number of benzene rings is 8. The molecule has 4 aromatic heterocycles. The second kappa shape index (κ2) is 25.6. The van der Waals surface area contributed by atoms with Crippen molar-refractivity contribution in [3.63, 3.8) is 0 Å². The Balaban J connectivity index is 1.07. The highest BCUT2D eigenvalue weighted by Crippen LogP contribution is 2.45. The van der Waals surface area contributed by atoms with Crippen molar-refractivity contribution < 1.29 is 37.9 Å². The highest BCUT2D eigenvalue weighted by Gasteiger charge is 2.26. The van der Waals surface area contributed by atoms with Crippen LogP contribution in [0, 0.1) is 90.6 Å². The number of ether oxygens (including phenoxy) is 8. The molecule has 0 spiro atoms. The molecule has 0 saturated heterocycles. The van der Waals surface area contributed by atoms with Gasteiger partial charge in [0.05, 0.1) is 0 Å². The largest absolute Gasteiger partial charge is 0.438 e. The lowest BCUT2D eigenvalue weighted by Gasteiger charge is -2.20. The third kappa shape index (κ3) is 11.6. The van der Waals surface area contributed by atoms with Crippen molar-refractivity contribution in [2.24, 2.45) is 0 Å². The first-order valence-electron chi connectivity index (χ1n) is 30.2. The van der Waals surface area contributed by atoms with Crippen LogP contribution in [0.3, 0.4) is 0 Å². The Bertz CT molecular complexity index is 4760. The quantitative estimate of drug-likeness (QED) is 0.136. The number of aromatic nitrogens is 4. The highest BCUT2D eigenvalue weighted by atomic mass is 16.5.